The second-order valence-electron chi connectivity index (χ2n) is 4.09. The Kier molecular flexibility index (Phi) is 3.49. The molecule has 0 spiro atoms. The molecule has 2 N–H and O–H groups in total. The first-order chi connectivity index (χ1) is 8.15. The number of rotatable bonds is 3. The lowest BCUT2D eigenvalue weighted by Gasteiger charge is -2.25. The molecule has 6 heteroatoms. The second kappa shape index (κ2) is 4.89. The molecule has 1 fully saturated rings. The summed E-state index contributed by atoms with van der Waals surface area (Å²) in [4.78, 5) is 12.6. The van der Waals surface area contributed by atoms with E-state index in [1.54, 1.807) is 12.1 Å². The lowest BCUT2D eigenvalue weighted by molar-refractivity contribution is -0.384. The zero-order chi connectivity index (χ0) is 12.4. The molecule has 1 heterocycles. The highest BCUT2D eigenvalue weighted by atomic mass is 35.5. The van der Waals surface area contributed by atoms with Crippen LogP contribution in [0.4, 0.5) is 11.4 Å². The van der Waals surface area contributed by atoms with Crippen molar-refractivity contribution in [2.75, 3.05) is 18.0 Å². The van der Waals surface area contributed by atoms with Gasteiger partial charge in [0.15, 0.2) is 0 Å². The van der Waals surface area contributed by atoms with E-state index in [4.69, 9.17) is 17.3 Å². The molecular weight excluding hydrogens is 242 g/mol. The molecule has 0 aromatic heterocycles. The molecule has 17 heavy (non-hydrogen) atoms. The summed E-state index contributed by atoms with van der Waals surface area (Å²) >= 11 is 5.89. The van der Waals surface area contributed by atoms with Crippen molar-refractivity contribution in [2.24, 2.45) is 5.73 Å². The minimum Gasteiger partial charge on any atom is -0.362 e. The molecule has 0 radical (unpaired) electrons. The predicted octanol–water partition coefficient (Wildman–Crippen LogP) is 2.18. The van der Waals surface area contributed by atoms with Gasteiger partial charge in [0.2, 0.25) is 0 Å². The Labute approximate surface area is 104 Å². The highest BCUT2D eigenvalue weighted by Crippen LogP contribution is 2.37. The number of para-hydroxylation sites is 1. The van der Waals surface area contributed by atoms with Gasteiger partial charge in [-0.2, -0.15) is 0 Å². The van der Waals surface area contributed by atoms with Crippen LogP contribution in [-0.2, 0) is 0 Å². The highest BCUT2D eigenvalue weighted by molar-refractivity contribution is 6.33. The Morgan fingerprint density at radius 3 is 3.00 bits per heavy atom. The van der Waals surface area contributed by atoms with E-state index in [9.17, 15) is 10.1 Å². The van der Waals surface area contributed by atoms with Crippen LogP contribution in [0, 0.1) is 10.1 Å². The van der Waals surface area contributed by atoms with Gasteiger partial charge in [-0.3, -0.25) is 10.1 Å². The maximum atomic E-state index is 11.1. The van der Waals surface area contributed by atoms with Gasteiger partial charge in [0.1, 0.15) is 10.7 Å². The number of anilines is 1. The van der Waals surface area contributed by atoms with Crippen molar-refractivity contribution < 1.29 is 4.92 Å². The van der Waals surface area contributed by atoms with Crippen LogP contribution in [0.25, 0.3) is 0 Å². The zero-order valence-electron chi connectivity index (χ0n) is 9.30. The molecule has 1 atom stereocenters. The van der Waals surface area contributed by atoms with Crippen LogP contribution >= 0.6 is 11.6 Å². The van der Waals surface area contributed by atoms with Gasteiger partial charge in [-0.25, -0.2) is 0 Å². The van der Waals surface area contributed by atoms with Crippen LogP contribution in [0.1, 0.15) is 12.8 Å². The monoisotopic (exact) mass is 255 g/mol. The molecule has 0 saturated carbocycles. The smallest absolute Gasteiger partial charge is 0.310 e. The summed E-state index contributed by atoms with van der Waals surface area (Å²) in [6, 6.07) is 5.18. The SMILES string of the molecule is NCC1CCCN1c1cccc(Cl)c1[N+](=O)[O-]. The average Bonchev–Trinajstić information content (AvgIpc) is 2.75. The van der Waals surface area contributed by atoms with Gasteiger partial charge in [-0.05, 0) is 25.0 Å². The largest absolute Gasteiger partial charge is 0.362 e. The fourth-order valence-corrected chi connectivity index (χ4v) is 2.55. The molecule has 1 aromatic carbocycles. The topological polar surface area (TPSA) is 72.4 Å². The van der Waals surface area contributed by atoms with Crippen LogP contribution in [0.2, 0.25) is 5.02 Å². The first kappa shape index (κ1) is 12.1. The Morgan fingerprint density at radius 2 is 2.35 bits per heavy atom. The van der Waals surface area contributed by atoms with E-state index in [1.807, 2.05) is 4.90 Å². The Hall–Kier alpha value is -1.33. The molecule has 1 unspecified atom stereocenters. The maximum Gasteiger partial charge on any atom is 0.310 e. The molecular formula is C11H14ClN3O2. The first-order valence-corrected chi connectivity index (χ1v) is 5.92. The molecule has 1 saturated heterocycles. The molecule has 1 aliphatic heterocycles. The van der Waals surface area contributed by atoms with Gasteiger partial charge >= 0.3 is 5.69 Å². The van der Waals surface area contributed by atoms with Gasteiger partial charge in [-0.15, -0.1) is 0 Å². The summed E-state index contributed by atoms with van der Waals surface area (Å²) in [5.41, 5.74) is 6.24. The van der Waals surface area contributed by atoms with Gasteiger partial charge < -0.3 is 10.6 Å². The van der Waals surface area contributed by atoms with E-state index >= 15 is 0 Å². The van der Waals surface area contributed by atoms with Gasteiger partial charge in [-0.1, -0.05) is 17.7 Å². The fraction of sp³-hybridized carbons (Fsp3) is 0.455. The molecule has 0 bridgehead atoms. The Morgan fingerprint density at radius 1 is 1.59 bits per heavy atom. The van der Waals surface area contributed by atoms with Crippen LogP contribution in [0.3, 0.4) is 0 Å². The van der Waals surface area contributed by atoms with E-state index in [2.05, 4.69) is 0 Å². The molecule has 2 rings (SSSR count). The summed E-state index contributed by atoms with van der Waals surface area (Å²) in [6.45, 7) is 1.30. The third-order valence-corrected chi connectivity index (χ3v) is 3.41. The van der Waals surface area contributed by atoms with E-state index in [0.717, 1.165) is 19.4 Å². The molecule has 1 aromatic rings. The van der Waals surface area contributed by atoms with Crippen molar-refractivity contribution in [3.05, 3.63) is 33.3 Å². The lowest BCUT2D eigenvalue weighted by atomic mass is 10.2. The molecule has 1 aliphatic rings. The summed E-state index contributed by atoms with van der Waals surface area (Å²) in [7, 11) is 0. The van der Waals surface area contributed by atoms with Crippen LogP contribution in [0.5, 0.6) is 0 Å². The Bertz CT molecular complexity index is 439. The average molecular weight is 256 g/mol. The van der Waals surface area contributed by atoms with Crippen molar-refractivity contribution >= 4 is 23.0 Å². The van der Waals surface area contributed by atoms with Crippen molar-refractivity contribution in [1.29, 1.82) is 0 Å². The Balaban J connectivity index is 2.44. The second-order valence-corrected chi connectivity index (χ2v) is 4.50. The molecule has 0 aliphatic carbocycles. The van der Waals surface area contributed by atoms with Crippen molar-refractivity contribution in [1.82, 2.24) is 0 Å². The van der Waals surface area contributed by atoms with Crippen LogP contribution in [-0.4, -0.2) is 24.1 Å². The van der Waals surface area contributed by atoms with Gasteiger partial charge in [0.05, 0.1) is 4.92 Å². The molecule has 5 nitrogen and oxygen atoms in total. The third-order valence-electron chi connectivity index (χ3n) is 3.11. The normalized spacial score (nSPS) is 19.6. The van der Waals surface area contributed by atoms with Gasteiger partial charge in [0.25, 0.3) is 0 Å². The van der Waals surface area contributed by atoms with Crippen molar-refractivity contribution in [2.45, 2.75) is 18.9 Å². The summed E-state index contributed by atoms with van der Waals surface area (Å²) in [5.74, 6) is 0. The van der Waals surface area contributed by atoms with E-state index in [0.29, 0.717) is 12.2 Å². The number of nitro benzene ring substituents is 1. The lowest BCUT2D eigenvalue weighted by Crippen LogP contribution is -2.35. The first-order valence-electron chi connectivity index (χ1n) is 5.54. The van der Waals surface area contributed by atoms with E-state index < -0.39 is 4.92 Å². The number of hydrogen-bond donors (Lipinski definition) is 1. The third kappa shape index (κ3) is 2.21. The summed E-state index contributed by atoms with van der Waals surface area (Å²) in [6.07, 6.45) is 1.98. The fourth-order valence-electron chi connectivity index (χ4n) is 2.31. The molecule has 92 valence electrons. The van der Waals surface area contributed by atoms with Crippen LogP contribution < -0.4 is 10.6 Å². The number of nitro groups is 1. The molecule has 0 amide bonds. The van der Waals surface area contributed by atoms with Crippen molar-refractivity contribution in [3.8, 4) is 0 Å². The number of halogens is 1. The van der Waals surface area contributed by atoms with E-state index in [1.165, 1.54) is 6.07 Å². The number of nitrogens with two attached hydrogens (primary N) is 1. The van der Waals surface area contributed by atoms with Crippen molar-refractivity contribution in [3.63, 3.8) is 0 Å². The maximum absolute atomic E-state index is 11.1. The number of hydrogen-bond acceptors (Lipinski definition) is 4. The van der Waals surface area contributed by atoms with Crippen LogP contribution in [0.15, 0.2) is 18.2 Å². The van der Waals surface area contributed by atoms with Gasteiger partial charge in [0, 0.05) is 19.1 Å². The summed E-state index contributed by atoms with van der Waals surface area (Å²) < 4.78 is 0. The van der Waals surface area contributed by atoms with E-state index in [-0.39, 0.29) is 16.8 Å². The minimum atomic E-state index is -0.427. The predicted molar refractivity (Wildman–Crippen MR) is 67.5 cm³/mol. The number of nitrogens with zero attached hydrogens (tertiary/aromatic N) is 2. The summed E-state index contributed by atoms with van der Waals surface area (Å²) in [5, 5.41) is 11.2. The standard InChI is InChI=1S/C11H14ClN3O2/c12-9-4-1-5-10(11(9)15(16)17)14-6-2-3-8(14)7-13/h1,4-5,8H,2-3,6-7,13H2. The zero-order valence-corrected chi connectivity index (χ0v) is 10.1. The quantitative estimate of drug-likeness (QED) is 0.664. The highest BCUT2D eigenvalue weighted by Gasteiger charge is 2.30. The number of benzene rings is 1. The minimum absolute atomic E-state index is 0.0190.